The van der Waals surface area contributed by atoms with E-state index in [4.69, 9.17) is 17.0 Å². The van der Waals surface area contributed by atoms with Gasteiger partial charge >= 0.3 is 0 Å². The van der Waals surface area contributed by atoms with Gasteiger partial charge in [-0.25, -0.2) is 8.42 Å². The highest BCUT2D eigenvalue weighted by Crippen LogP contribution is 2.37. The molecule has 152 valence electrons. The monoisotopic (exact) mass is 439 g/mol. The van der Waals surface area contributed by atoms with Crippen molar-refractivity contribution in [3.63, 3.8) is 0 Å². The van der Waals surface area contributed by atoms with Crippen LogP contribution in [0.1, 0.15) is 44.6 Å². The first kappa shape index (κ1) is 21.3. The number of thiocarbonyl (C=S) groups is 1. The molecule has 0 aliphatic carbocycles. The van der Waals surface area contributed by atoms with Gasteiger partial charge in [0.2, 0.25) is 0 Å². The number of carbonyl (C=O) groups excluding carboxylic acids is 1. The van der Waals surface area contributed by atoms with Crippen LogP contribution in [0, 0.1) is 0 Å². The molecule has 0 unspecified atom stereocenters. The van der Waals surface area contributed by atoms with Crippen LogP contribution < -0.4 is 4.74 Å². The van der Waals surface area contributed by atoms with E-state index in [-0.39, 0.29) is 23.5 Å². The zero-order valence-corrected chi connectivity index (χ0v) is 18.4. The molecule has 1 amide bonds. The van der Waals surface area contributed by atoms with Gasteiger partial charge in [-0.3, -0.25) is 9.69 Å². The summed E-state index contributed by atoms with van der Waals surface area (Å²) >= 11 is 6.59. The smallest absolute Gasteiger partial charge is 0.266 e. The van der Waals surface area contributed by atoms with Crippen LogP contribution in [0.5, 0.6) is 5.75 Å². The molecule has 0 aromatic heterocycles. The molecule has 1 atom stereocenters. The minimum atomic E-state index is -3.08. The van der Waals surface area contributed by atoms with Crippen molar-refractivity contribution in [1.29, 1.82) is 0 Å². The Morgan fingerprint density at radius 3 is 2.79 bits per heavy atom. The summed E-state index contributed by atoms with van der Waals surface area (Å²) in [4.78, 5) is 14.9. The zero-order chi connectivity index (χ0) is 20.1. The fourth-order valence-corrected chi connectivity index (χ4v) is 6.45. The summed E-state index contributed by atoms with van der Waals surface area (Å²) in [5.41, 5.74) is 0.831. The second-order valence-electron chi connectivity index (χ2n) is 7.06. The van der Waals surface area contributed by atoms with Crippen molar-refractivity contribution in [2.24, 2.45) is 0 Å². The largest absolute Gasteiger partial charge is 0.493 e. The fourth-order valence-electron chi connectivity index (χ4n) is 3.36. The molecule has 2 aliphatic heterocycles. The molecule has 0 spiro atoms. The standard InChI is InChI=1S/C20H25NO4S3/c1-2-3-4-7-11-25-17-9-6-5-8-15(17)13-18-19(22)21(20(26)27-18)16-10-12-28(23,24)14-16/h5-6,8-9,13,16H,2-4,7,10-12,14H2,1H3/b18-13+/t16-/m0/s1. The van der Waals surface area contributed by atoms with E-state index in [1.807, 2.05) is 24.3 Å². The van der Waals surface area contributed by atoms with Gasteiger partial charge in [-0.1, -0.05) is 68.4 Å². The van der Waals surface area contributed by atoms with E-state index < -0.39 is 9.84 Å². The van der Waals surface area contributed by atoms with Crippen LogP contribution in [-0.2, 0) is 14.6 Å². The van der Waals surface area contributed by atoms with Crippen molar-refractivity contribution in [2.45, 2.75) is 45.1 Å². The quantitative estimate of drug-likeness (QED) is 0.346. The molecule has 8 heteroatoms. The minimum Gasteiger partial charge on any atom is -0.493 e. The van der Waals surface area contributed by atoms with Crippen molar-refractivity contribution >= 4 is 50.1 Å². The maximum absolute atomic E-state index is 12.9. The summed E-state index contributed by atoms with van der Waals surface area (Å²) in [6, 6.07) is 7.27. The number of amides is 1. The average molecular weight is 440 g/mol. The Hall–Kier alpha value is -1.38. The molecule has 5 nitrogen and oxygen atoms in total. The van der Waals surface area contributed by atoms with Crippen LogP contribution in [0.4, 0.5) is 0 Å². The van der Waals surface area contributed by atoms with Crippen molar-refractivity contribution in [1.82, 2.24) is 4.90 Å². The van der Waals surface area contributed by atoms with Crippen molar-refractivity contribution in [3.05, 3.63) is 34.7 Å². The highest BCUT2D eigenvalue weighted by Gasteiger charge is 2.42. The summed E-state index contributed by atoms with van der Waals surface area (Å²) in [5, 5.41) is 0. The Morgan fingerprint density at radius 1 is 1.29 bits per heavy atom. The molecular formula is C20H25NO4S3. The Bertz CT molecular complexity index is 879. The first-order chi connectivity index (χ1) is 13.4. The number of hydrogen-bond donors (Lipinski definition) is 0. The van der Waals surface area contributed by atoms with Crippen LogP contribution in [0.25, 0.3) is 6.08 Å². The van der Waals surface area contributed by atoms with Crippen molar-refractivity contribution in [2.75, 3.05) is 18.1 Å². The topological polar surface area (TPSA) is 63.7 Å². The lowest BCUT2D eigenvalue weighted by molar-refractivity contribution is -0.123. The first-order valence-corrected chi connectivity index (χ1v) is 12.6. The van der Waals surface area contributed by atoms with Gasteiger partial charge in [0.05, 0.1) is 29.1 Å². The molecule has 1 aromatic carbocycles. The molecule has 2 aliphatic rings. The number of rotatable bonds is 8. The molecular weight excluding hydrogens is 414 g/mol. The molecule has 2 fully saturated rings. The summed E-state index contributed by atoms with van der Waals surface area (Å²) in [6.45, 7) is 2.82. The maximum atomic E-state index is 12.9. The van der Waals surface area contributed by atoms with E-state index in [9.17, 15) is 13.2 Å². The van der Waals surface area contributed by atoms with Crippen LogP contribution in [0.2, 0.25) is 0 Å². The molecule has 1 aromatic rings. The molecule has 3 rings (SSSR count). The second-order valence-corrected chi connectivity index (χ2v) is 11.0. The zero-order valence-electron chi connectivity index (χ0n) is 15.9. The van der Waals surface area contributed by atoms with Gasteiger partial charge in [-0.15, -0.1) is 0 Å². The predicted octanol–water partition coefficient (Wildman–Crippen LogP) is 4.03. The summed E-state index contributed by atoms with van der Waals surface area (Å²) in [5.74, 6) is 0.634. The summed E-state index contributed by atoms with van der Waals surface area (Å²) in [6.07, 6.45) is 6.76. The van der Waals surface area contributed by atoms with Crippen LogP contribution in [0.15, 0.2) is 29.2 Å². The van der Waals surface area contributed by atoms with Crippen LogP contribution in [-0.4, -0.2) is 47.7 Å². The first-order valence-electron chi connectivity index (χ1n) is 9.60. The van der Waals surface area contributed by atoms with Gasteiger partial charge in [0, 0.05) is 5.56 Å². The summed E-state index contributed by atoms with van der Waals surface area (Å²) in [7, 11) is -3.08. The minimum absolute atomic E-state index is 0.00974. The van der Waals surface area contributed by atoms with Gasteiger partial charge in [0.1, 0.15) is 10.1 Å². The average Bonchev–Trinajstić information content (AvgIpc) is 3.14. The number of thioether (sulfide) groups is 1. The molecule has 0 N–H and O–H groups in total. The summed E-state index contributed by atoms with van der Waals surface area (Å²) < 4.78 is 29.9. The lowest BCUT2D eigenvalue weighted by Gasteiger charge is -2.20. The van der Waals surface area contributed by atoms with Gasteiger partial charge in [-0.05, 0) is 25.0 Å². The Kier molecular flexibility index (Phi) is 7.17. The van der Waals surface area contributed by atoms with Crippen molar-refractivity contribution < 1.29 is 17.9 Å². The number of para-hydroxylation sites is 1. The molecule has 2 saturated heterocycles. The number of sulfone groups is 1. The highest BCUT2D eigenvalue weighted by molar-refractivity contribution is 8.26. The van der Waals surface area contributed by atoms with E-state index in [0.29, 0.717) is 22.3 Å². The van der Waals surface area contributed by atoms with Crippen LogP contribution >= 0.6 is 24.0 Å². The third kappa shape index (κ3) is 5.15. The Balaban J connectivity index is 1.72. The SMILES string of the molecule is CCCCCCOc1ccccc1/C=C1/SC(=S)N([C@H]2CCS(=O)(=O)C2)C1=O. The van der Waals surface area contributed by atoms with E-state index in [0.717, 1.165) is 24.2 Å². The van der Waals surface area contributed by atoms with Crippen LogP contribution in [0.3, 0.4) is 0 Å². The molecule has 0 radical (unpaired) electrons. The van der Waals surface area contributed by atoms with Gasteiger partial charge in [0.25, 0.3) is 5.91 Å². The van der Waals surface area contributed by atoms with E-state index in [1.165, 1.54) is 29.5 Å². The van der Waals surface area contributed by atoms with Gasteiger partial charge < -0.3 is 4.74 Å². The molecule has 0 bridgehead atoms. The van der Waals surface area contributed by atoms with Crippen molar-refractivity contribution in [3.8, 4) is 5.75 Å². The fraction of sp³-hybridized carbons (Fsp3) is 0.500. The number of carbonyl (C=O) groups is 1. The Labute approximate surface area is 176 Å². The lowest BCUT2D eigenvalue weighted by Crippen LogP contribution is -2.39. The number of unbranched alkanes of at least 4 members (excludes halogenated alkanes) is 3. The highest BCUT2D eigenvalue weighted by atomic mass is 32.2. The number of hydrogen-bond acceptors (Lipinski definition) is 6. The molecule has 2 heterocycles. The number of nitrogens with zero attached hydrogens (tertiary/aromatic N) is 1. The predicted molar refractivity (Wildman–Crippen MR) is 118 cm³/mol. The van der Waals surface area contributed by atoms with E-state index in [2.05, 4.69) is 6.92 Å². The maximum Gasteiger partial charge on any atom is 0.266 e. The molecule has 0 saturated carbocycles. The molecule has 28 heavy (non-hydrogen) atoms. The number of benzene rings is 1. The second kappa shape index (κ2) is 9.41. The van der Waals surface area contributed by atoms with Gasteiger partial charge in [0.15, 0.2) is 9.84 Å². The third-order valence-corrected chi connectivity index (χ3v) is 7.94. The third-order valence-electron chi connectivity index (χ3n) is 4.86. The van der Waals surface area contributed by atoms with E-state index in [1.54, 1.807) is 6.08 Å². The van der Waals surface area contributed by atoms with Gasteiger partial charge in [-0.2, -0.15) is 0 Å². The lowest BCUT2D eigenvalue weighted by atomic mass is 10.1. The Morgan fingerprint density at radius 2 is 2.07 bits per heavy atom. The number of ether oxygens (including phenoxy) is 1. The van der Waals surface area contributed by atoms with E-state index >= 15 is 0 Å². The normalized spacial score (nSPS) is 23.0.